The van der Waals surface area contributed by atoms with Crippen LogP contribution in [0.2, 0.25) is 0 Å². The Morgan fingerprint density at radius 2 is 2.10 bits per heavy atom. The van der Waals surface area contributed by atoms with Crippen LogP contribution in [0.1, 0.15) is 28.6 Å². The molecule has 1 aromatic carbocycles. The Bertz CT molecular complexity index is 833. The summed E-state index contributed by atoms with van der Waals surface area (Å²) in [5, 5.41) is 1.39. The third kappa shape index (κ3) is 1.61. The zero-order valence-corrected chi connectivity index (χ0v) is 11.8. The van der Waals surface area contributed by atoms with Crippen LogP contribution in [0, 0.1) is 0 Å². The lowest BCUT2D eigenvalue weighted by Crippen LogP contribution is -2.39. The molecule has 104 valence electrons. The van der Waals surface area contributed by atoms with Crippen LogP contribution in [0.3, 0.4) is 0 Å². The zero-order chi connectivity index (χ0) is 13.8. The number of aromatic amines is 1. The van der Waals surface area contributed by atoms with Crippen LogP contribution in [0.4, 0.5) is 0 Å². The Balaban J connectivity index is 1.67. The van der Waals surface area contributed by atoms with Crippen molar-refractivity contribution in [2.75, 3.05) is 6.54 Å². The van der Waals surface area contributed by atoms with Crippen LogP contribution >= 0.6 is 0 Å². The Kier molecular flexibility index (Phi) is 2.29. The molecule has 0 spiro atoms. The first-order valence-electron chi connectivity index (χ1n) is 7.66. The maximum atomic E-state index is 4.58. The van der Waals surface area contributed by atoms with E-state index in [1.54, 1.807) is 0 Å². The lowest BCUT2D eigenvalue weighted by atomic mass is 9.87. The molecule has 3 nitrogen and oxygen atoms in total. The molecule has 5 rings (SSSR count). The standard InChI is InChI=1S/C18H17N3/c1-2-6-16-12(4-1)14-10-18-13-5-3-8-19-15(13)7-9-21(18)11-17(14)20-16/h1-6,8,18,20H,7,9-11H2/t18-/m0/s1. The molecule has 2 aromatic heterocycles. The van der Waals surface area contributed by atoms with Gasteiger partial charge in [0.1, 0.15) is 0 Å². The number of pyridine rings is 1. The number of rotatable bonds is 0. The van der Waals surface area contributed by atoms with Crippen molar-refractivity contribution in [2.24, 2.45) is 0 Å². The molecule has 2 aliphatic rings. The zero-order valence-electron chi connectivity index (χ0n) is 11.8. The molecule has 0 radical (unpaired) electrons. The summed E-state index contributed by atoms with van der Waals surface area (Å²) in [5.41, 5.74) is 6.90. The van der Waals surface area contributed by atoms with E-state index >= 15 is 0 Å². The normalized spacial score (nSPS) is 20.9. The summed E-state index contributed by atoms with van der Waals surface area (Å²) >= 11 is 0. The minimum Gasteiger partial charge on any atom is -0.357 e. The maximum absolute atomic E-state index is 4.58. The first-order valence-corrected chi connectivity index (χ1v) is 7.66. The summed E-state index contributed by atoms with van der Waals surface area (Å²) in [6.07, 6.45) is 4.09. The van der Waals surface area contributed by atoms with Gasteiger partial charge in [0.05, 0.1) is 0 Å². The van der Waals surface area contributed by atoms with Gasteiger partial charge in [0.15, 0.2) is 0 Å². The molecule has 0 aliphatic carbocycles. The lowest BCUT2D eigenvalue weighted by molar-refractivity contribution is 0.158. The van der Waals surface area contributed by atoms with Gasteiger partial charge in [-0.05, 0) is 29.7 Å². The minimum atomic E-state index is 0.495. The van der Waals surface area contributed by atoms with Gasteiger partial charge in [-0.3, -0.25) is 9.88 Å². The Labute approximate surface area is 123 Å². The van der Waals surface area contributed by atoms with E-state index in [0.717, 1.165) is 25.9 Å². The number of benzene rings is 1. The van der Waals surface area contributed by atoms with Crippen LogP contribution in [0.5, 0.6) is 0 Å². The molecule has 0 saturated carbocycles. The third-order valence-electron chi connectivity index (χ3n) is 5.02. The van der Waals surface area contributed by atoms with Crippen molar-refractivity contribution in [1.82, 2.24) is 14.9 Å². The Morgan fingerprint density at radius 3 is 3.10 bits per heavy atom. The van der Waals surface area contributed by atoms with E-state index in [1.807, 2.05) is 6.20 Å². The van der Waals surface area contributed by atoms with E-state index in [4.69, 9.17) is 0 Å². The van der Waals surface area contributed by atoms with E-state index in [-0.39, 0.29) is 0 Å². The predicted octanol–water partition coefficient (Wildman–Crippen LogP) is 3.22. The topological polar surface area (TPSA) is 31.9 Å². The number of H-pyrrole nitrogens is 1. The molecule has 3 aromatic rings. The van der Waals surface area contributed by atoms with Crippen LogP contribution in [-0.4, -0.2) is 21.4 Å². The number of fused-ring (bicyclic) bond motifs is 6. The van der Waals surface area contributed by atoms with E-state index in [0.29, 0.717) is 6.04 Å². The first-order chi connectivity index (χ1) is 10.4. The van der Waals surface area contributed by atoms with Gasteiger partial charge in [0, 0.05) is 54.0 Å². The molecule has 3 heteroatoms. The molecule has 4 heterocycles. The minimum absolute atomic E-state index is 0.495. The highest BCUT2D eigenvalue weighted by atomic mass is 15.2. The Morgan fingerprint density at radius 1 is 1.14 bits per heavy atom. The average molecular weight is 275 g/mol. The van der Waals surface area contributed by atoms with Crippen molar-refractivity contribution in [2.45, 2.75) is 25.4 Å². The average Bonchev–Trinajstić information content (AvgIpc) is 2.90. The SMILES string of the molecule is c1cnc2c(c1)[C@@H]1Cc3c([nH]c4ccccc34)CN1CC2. The van der Waals surface area contributed by atoms with E-state index in [9.17, 15) is 0 Å². The molecule has 2 aliphatic heterocycles. The van der Waals surface area contributed by atoms with Crippen molar-refractivity contribution < 1.29 is 0 Å². The monoisotopic (exact) mass is 275 g/mol. The number of hydrogen-bond donors (Lipinski definition) is 1. The highest BCUT2D eigenvalue weighted by Crippen LogP contribution is 2.39. The number of para-hydroxylation sites is 1. The van der Waals surface area contributed by atoms with Crippen molar-refractivity contribution in [3.05, 3.63) is 65.1 Å². The molecule has 21 heavy (non-hydrogen) atoms. The van der Waals surface area contributed by atoms with Crippen LogP contribution in [0.15, 0.2) is 42.6 Å². The summed E-state index contributed by atoms with van der Waals surface area (Å²) in [4.78, 5) is 10.8. The lowest BCUT2D eigenvalue weighted by Gasteiger charge is -2.39. The molecule has 1 N–H and O–H groups in total. The number of aromatic nitrogens is 2. The summed E-state index contributed by atoms with van der Waals surface area (Å²) in [6.45, 7) is 2.15. The van der Waals surface area contributed by atoms with Gasteiger partial charge in [-0.25, -0.2) is 0 Å². The number of hydrogen-bond acceptors (Lipinski definition) is 2. The molecule has 0 unspecified atom stereocenters. The molecule has 1 atom stereocenters. The highest BCUT2D eigenvalue weighted by Gasteiger charge is 2.33. The van der Waals surface area contributed by atoms with Gasteiger partial charge in [-0.15, -0.1) is 0 Å². The van der Waals surface area contributed by atoms with Crippen molar-refractivity contribution in [1.29, 1.82) is 0 Å². The first kappa shape index (κ1) is 11.5. The predicted molar refractivity (Wildman–Crippen MR) is 83.1 cm³/mol. The molecule has 0 amide bonds. The summed E-state index contributed by atoms with van der Waals surface area (Å²) < 4.78 is 0. The fraction of sp³-hybridized carbons (Fsp3) is 0.278. The van der Waals surface area contributed by atoms with Crippen molar-refractivity contribution in [3.63, 3.8) is 0 Å². The van der Waals surface area contributed by atoms with Gasteiger partial charge in [-0.2, -0.15) is 0 Å². The fourth-order valence-corrected chi connectivity index (χ4v) is 4.01. The fourth-order valence-electron chi connectivity index (χ4n) is 4.01. The summed E-state index contributed by atoms with van der Waals surface area (Å²) in [6, 6.07) is 13.5. The van der Waals surface area contributed by atoms with E-state index in [2.05, 4.69) is 51.3 Å². The summed E-state index contributed by atoms with van der Waals surface area (Å²) in [5.74, 6) is 0. The molecule has 0 saturated heterocycles. The van der Waals surface area contributed by atoms with Crippen molar-refractivity contribution >= 4 is 10.9 Å². The highest BCUT2D eigenvalue weighted by molar-refractivity contribution is 5.85. The van der Waals surface area contributed by atoms with Crippen LogP contribution in [0.25, 0.3) is 10.9 Å². The maximum Gasteiger partial charge on any atom is 0.0464 e. The number of nitrogens with one attached hydrogen (secondary N) is 1. The van der Waals surface area contributed by atoms with Crippen LogP contribution < -0.4 is 0 Å². The van der Waals surface area contributed by atoms with E-state index in [1.165, 1.54) is 33.4 Å². The molecule has 0 bridgehead atoms. The van der Waals surface area contributed by atoms with E-state index < -0.39 is 0 Å². The van der Waals surface area contributed by atoms with Crippen molar-refractivity contribution in [3.8, 4) is 0 Å². The second-order valence-electron chi connectivity index (χ2n) is 6.11. The Hall–Kier alpha value is -2.13. The van der Waals surface area contributed by atoms with Gasteiger partial charge >= 0.3 is 0 Å². The quantitative estimate of drug-likeness (QED) is 0.683. The van der Waals surface area contributed by atoms with Gasteiger partial charge in [0.2, 0.25) is 0 Å². The van der Waals surface area contributed by atoms with Gasteiger partial charge in [0.25, 0.3) is 0 Å². The molecule has 0 fully saturated rings. The van der Waals surface area contributed by atoms with Gasteiger partial charge in [-0.1, -0.05) is 24.3 Å². The van der Waals surface area contributed by atoms with Gasteiger partial charge < -0.3 is 4.98 Å². The molecular weight excluding hydrogens is 258 g/mol. The smallest absolute Gasteiger partial charge is 0.0464 e. The summed E-state index contributed by atoms with van der Waals surface area (Å²) in [7, 11) is 0. The van der Waals surface area contributed by atoms with Crippen LogP contribution in [-0.2, 0) is 19.4 Å². The second-order valence-corrected chi connectivity index (χ2v) is 6.11. The number of nitrogens with zero attached hydrogens (tertiary/aromatic N) is 2. The molecular formula is C18H17N3. The second kappa shape index (κ2) is 4.18. The largest absolute Gasteiger partial charge is 0.357 e. The third-order valence-corrected chi connectivity index (χ3v) is 5.02.